The minimum absolute atomic E-state index is 0.0864. The zero-order valence-corrected chi connectivity index (χ0v) is 13.6. The summed E-state index contributed by atoms with van der Waals surface area (Å²) in [6, 6.07) is 5.12. The standard InChI is InChI=1S/C16H21F3N2OS/c17-16(18,19)12-5-3-6-13(8-12)23-10-15(22)21-14-7-2-1-4-11(14)9-20/h3,5-6,8,11,14H,1-2,4,7,9-10,20H2,(H,21,22). The highest BCUT2D eigenvalue weighted by Crippen LogP contribution is 2.32. The maximum atomic E-state index is 12.7. The van der Waals surface area contributed by atoms with Gasteiger partial charge in [-0.15, -0.1) is 11.8 Å². The van der Waals surface area contributed by atoms with Crippen LogP contribution in [0, 0.1) is 5.92 Å². The summed E-state index contributed by atoms with van der Waals surface area (Å²) in [5.74, 6) is 0.249. The van der Waals surface area contributed by atoms with Crippen LogP contribution >= 0.6 is 11.8 Å². The van der Waals surface area contributed by atoms with E-state index in [2.05, 4.69) is 5.32 Å². The maximum absolute atomic E-state index is 12.7. The van der Waals surface area contributed by atoms with E-state index in [1.54, 1.807) is 6.07 Å². The second kappa shape index (κ2) is 8.06. The molecule has 0 aromatic heterocycles. The van der Waals surface area contributed by atoms with Crippen molar-refractivity contribution in [3.05, 3.63) is 29.8 Å². The number of benzene rings is 1. The Morgan fingerprint density at radius 3 is 2.74 bits per heavy atom. The van der Waals surface area contributed by atoms with Gasteiger partial charge in [-0.1, -0.05) is 18.9 Å². The van der Waals surface area contributed by atoms with Crippen LogP contribution in [0.3, 0.4) is 0 Å². The Bertz CT molecular complexity index is 536. The van der Waals surface area contributed by atoms with Gasteiger partial charge >= 0.3 is 6.18 Å². The fourth-order valence-corrected chi connectivity index (χ4v) is 3.61. The molecule has 0 saturated heterocycles. The Labute approximate surface area is 138 Å². The third kappa shape index (κ3) is 5.42. The zero-order chi connectivity index (χ0) is 16.9. The molecular weight excluding hydrogens is 325 g/mol. The van der Waals surface area contributed by atoms with Crippen LogP contribution in [0.1, 0.15) is 31.2 Å². The number of nitrogens with two attached hydrogens (primary N) is 1. The van der Waals surface area contributed by atoms with Gasteiger partial charge in [0.15, 0.2) is 0 Å². The summed E-state index contributed by atoms with van der Waals surface area (Å²) in [6.45, 7) is 0.547. The summed E-state index contributed by atoms with van der Waals surface area (Å²) < 4.78 is 38.0. The molecule has 1 amide bonds. The topological polar surface area (TPSA) is 55.1 Å². The molecule has 23 heavy (non-hydrogen) atoms. The maximum Gasteiger partial charge on any atom is 0.416 e. The first-order chi connectivity index (χ1) is 10.9. The minimum Gasteiger partial charge on any atom is -0.352 e. The second-order valence-electron chi connectivity index (χ2n) is 5.77. The van der Waals surface area contributed by atoms with Gasteiger partial charge in [-0.2, -0.15) is 13.2 Å². The minimum atomic E-state index is -4.37. The Morgan fingerprint density at radius 1 is 1.30 bits per heavy atom. The number of hydrogen-bond acceptors (Lipinski definition) is 3. The van der Waals surface area contributed by atoms with E-state index in [-0.39, 0.29) is 17.7 Å². The van der Waals surface area contributed by atoms with E-state index in [1.165, 1.54) is 6.07 Å². The van der Waals surface area contributed by atoms with Crippen molar-refractivity contribution in [1.82, 2.24) is 5.32 Å². The number of halogens is 3. The average Bonchev–Trinajstić information content (AvgIpc) is 2.53. The van der Waals surface area contributed by atoms with Gasteiger partial charge in [0, 0.05) is 10.9 Å². The molecule has 2 unspecified atom stereocenters. The van der Waals surface area contributed by atoms with Gasteiger partial charge in [0.2, 0.25) is 5.91 Å². The third-order valence-corrected chi connectivity index (χ3v) is 5.08. The predicted molar refractivity (Wildman–Crippen MR) is 85.1 cm³/mol. The number of hydrogen-bond donors (Lipinski definition) is 2. The van der Waals surface area contributed by atoms with Crippen LogP contribution < -0.4 is 11.1 Å². The van der Waals surface area contributed by atoms with Crippen LogP contribution in [0.2, 0.25) is 0 Å². The summed E-state index contributed by atoms with van der Waals surface area (Å²) >= 11 is 1.11. The van der Waals surface area contributed by atoms with Crippen molar-refractivity contribution in [2.75, 3.05) is 12.3 Å². The monoisotopic (exact) mass is 346 g/mol. The number of alkyl halides is 3. The Morgan fingerprint density at radius 2 is 2.04 bits per heavy atom. The quantitative estimate of drug-likeness (QED) is 0.803. The second-order valence-corrected chi connectivity index (χ2v) is 6.82. The van der Waals surface area contributed by atoms with Gasteiger partial charge in [-0.05, 0) is 43.5 Å². The van der Waals surface area contributed by atoms with Gasteiger partial charge in [0.1, 0.15) is 0 Å². The summed E-state index contributed by atoms with van der Waals surface area (Å²) in [4.78, 5) is 12.5. The summed E-state index contributed by atoms with van der Waals surface area (Å²) in [7, 11) is 0. The van der Waals surface area contributed by atoms with Crippen LogP contribution in [-0.2, 0) is 11.0 Å². The number of carbonyl (C=O) groups excluding carboxylic acids is 1. The summed E-state index contributed by atoms with van der Waals surface area (Å²) in [5, 5.41) is 2.97. The summed E-state index contributed by atoms with van der Waals surface area (Å²) in [6.07, 6.45) is -0.227. The van der Waals surface area contributed by atoms with E-state index < -0.39 is 11.7 Å². The van der Waals surface area contributed by atoms with Crippen molar-refractivity contribution >= 4 is 17.7 Å². The van der Waals surface area contributed by atoms with Crippen molar-refractivity contribution in [2.45, 2.75) is 42.8 Å². The number of carbonyl (C=O) groups is 1. The fraction of sp³-hybridized carbons (Fsp3) is 0.562. The highest BCUT2D eigenvalue weighted by atomic mass is 32.2. The predicted octanol–water partition coefficient (Wildman–Crippen LogP) is 3.43. The van der Waals surface area contributed by atoms with Crippen molar-refractivity contribution in [2.24, 2.45) is 11.7 Å². The molecule has 0 heterocycles. The van der Waals surface area contributed by atoms with E-state index in [0.29, 0.717) is 17.4 Å². The molecule has 1 saturated carbocycles. The van der Waals surface area contributed by atoms with Gasteiger partial charge in [-0.3, -0.25) is 4.79 Å². The third-order valence-electron chi connectivity index (χ3n) is 4.09. The molecule has 1 aliphatic carbocycles. The van der Waals surface area contributed by atoms with Crippen molar-refractivity contribution in [3.8, 4) is 0 Å². The lowest BCUT2D eigenvalue weighted by Crippen LogP contribution is -2.45. The molecular formula is C16H21F3N2OS. The molecule has 3 nitrogen and oxygen atoms in total. The highest BCUT2D eigenvalue weighted by molar-refractivity contribution is 8.00. The molecule has 1 fully saturated rings. The fourth-order valence-electron chi connectivity index (χ4n) is 2.84. The Balaban J connectivity index is 1.87. The van der Waals surface area contributed by atoms with E-state index in [1.807, 2.05) is 0 Å². The van der Waals surface area contributed by atoms with Crippen LogP contribution in [0.4, 0.5) is 13.2 Å². The first kappa shape index (κ1) is 18.1. The number of thioether (sulfide) groups is 1. The smallest absolute Gasteiger partial charge is 0.352 e. The lowest BCUT2D eigenvalue weighted by molar-refractivity contribution is -0.137. The molecule has 2 rings (SSSR count). The molecule has 1 aromatic carbocycles. The van der Waals surface area contributed by atoms with Crippen molar-refractivity contribution in [1.29, 1.82) is 0 Å². The lowest BCUT2D eigenvalue weighted by atomic mass is 9.84. The molecule has 3 N–H and O–H groups in total. The first-order valence-corrected chi connectivity index (χ1v) is 8.68. The largest absolute Gasteiger partial charge is 0.416 e. The van der Waals surface area contributed by atoms with E-state index >= 15 is 0 Å². The summed E-state index contributed by atoms with van der Waals surface area (Å²) in [5.41, 5.74) is 5.03. The van der Waals surface area contributed by atoms with E-state index in [9.17, 15) is 18.0 Å². The SMILES string of the molecule is NCC1CCCCC1NC(=O)CSc1cccc(C(F)(F)F)c1. The molecule has 7 heteroatoms. The van der Waals surface area contributed by atoms with Crippen molar-refractivity contribution in [3.63, 3.8) is 0 Å². The normalized spacial score (nSPS) is 21.9. The van der Waals surface area contributed by atoms with E-state index in [4.69, 9.17) is 5.73 Å². The van der Waals surface area contributed by atoms with Crippen LogP contribution in [0.25, 0.3) is 0 Å². The zero-order valence-electron chi connectivity index (χ0n) is 12.7. The molecule has 1 aliphatic rings. The molecule has 2 atom stereocenters. The Kier molecular flexibility index (Phi) is 6.35. The molecule has 0 radical (unpaired) electrons. The van der Waals surface area contributed by atoms with Crippen molar-refractivity contribution < 1.29 is 18.0 Å². The molecule has 0 spiro atoms. The highest BCUT2D eigenvalue weighted by Gasteiger charge is 2.30. The van der Waals surface area contributed by atoms with Gasteiger partial charge in [0.25, 0.3) is 0 Å². The van der Waals surface area contributed by atoms with Crippen LogP contribution in [0.15, 0.2) is 29.2 Å². The number of amides is 1. The first-order valence-electron chi connectivity index (χ1n) is 7.69. The molecule has 128 valence electrons. The molecule has 0 bridgehead atoms. The van der Waals surface area contributed by atoms with Crippen LogP contribution in [0.5, 0.6) is 0 Å². The molecule has 1 aromatic rings. The van der Waals surface area contributed by atoms with Gasteiger partial charge in [-0.25, -0.2) is 0 Å². The van der Waals surface area contributed by atoms with Crippen LogP contribution in [-0.4, -0.2) is 24.2 Å². The molecule has 0 aliphatic heterocycles. The van der Waals surface area contributed by atoms with E-state index in [0.717, 1.165) is 49.6 Å². The average molecular weight is 346 g/mol. The van der Waals surface area contributed by atoms with Gasteiger partial charge in [0.05, 0.1) is 11.3 Å². The van der Waals surface area contributed by atoms with Gasteiger partial charge < -0.3 is 11.1 Å². The number of nitrogens with one attached hydrogen (secondary N) is 1. The lowest BCUT2D eigenvalue weighted by Gasteiger charge is -2.31. The number of rotatable bonds is 5. The Hall–Kier alpha value is -1.21.